The first kappa shape index (κ1) is 15.6. The first-order chi connectivity index (χ1) is 10.9. The number of ether oxygens (including phenoxy) is 1. The second-order valence-corrected chi connectivity index (χ2v) is 5.54. The van der Waals surface area contributed by atoms with E-state index in [9.17, 15) is 10.2 Å². The molecular weight excluding hydrogens is 300 g/mol. The van der Waals surface area contributed by atoms with Crippen LogP contribution in [0.25, 0.3) is 11.2 Å². The van der Waals surface area contributed by atoms with Crippen LogP contribution in [0, 0.1) is 11.8 Å². The summed E-state index contributed by atoms with van der Waals surface area (Å²) in [5, 5.41) is 20.3. The van der Waals surface area contributed by atoms with E-state index in [1.54, 1.807) is 11.5 Å². The maximum atomic E-state index is 10.5. The van der Waals surface area contributed by atoms with Crippen molar-refractivity contribution in [3.63, 3.8) is 0 Å². The monoisotopic (exact) mass is 318 g/mol. The zero-order chi connectivity index (χ0) is 16.8. The van der Waals surface area contributed by atoms with Crippen molar-refractivity contribution in [1.29, 1.82) is 0 Å². The number of anilines is 1. The lowest BCUT2D eigenvalue weighted by molar-refractivity contribution is -0.0756. The summed E-state index contributed by atoms with van der Waals surface area (Å²) in [4.78, 5) is 12.2. The first-order valence-electron chi connectivity index (χ1n) is 7.08. The Labute approximate surface area is 132 Å². The molecule has 2 aromatic rings. The molecule has 2 aromatic heterocycles. The Morgan fingerprint density at radius 2 is 2.22 bits per heavy atom. The average Bonchev–Trinajstić information content (AvgIpc) is 3.00. The second kappa shape index (κ2) is 5.43. The normalized spacial score (nSPS) is 31.8. The minimum atomic E-state index is -1.43. The Balaban J connectivity index is 2.14. The highest BCUT2D eigenvalue weighted by Gasteiger charge is 2.55. The van der Waals surface area contributed by atoms with Crippen LogP contribution >= 0.6 is 0 Å². The summed E-state index contributed by atoms with van der Waals surface area (Å²) >= 11 is 0. The van der Waals surface area contributed by atoms with Gasteiger partial charge in [-0.25, -0.2) is 9.97 Å². The van der Waals surface area contributed by atoms with Gasteiger partial charge >= 0.3 is 0 Å². The molecule has 9 nitrogen and oxygen atoms in total. The number of hydrogen-bond donors (Lipinski definition) is 4. The molecule has 1 saturated heterocycles. The fraction of sp³-hybridized carbons (Fsp3) is 0.500. The highest BCUT2D eigenvalue weighted by molar-refractivity contribution is 5.70. The SMILES string of the molecule is CC#CC1(N)[C@@H](O)[C@@H]([C@@H](C)O)O[C@H]1n1cnc2cnc(N)nc21. The largest absolute Gasteiger partial charge is 0.391 e. The summed E-state index contributed by atoms with van der Waals surface area (Å²) in [7, 11) is 0. The van der Waals surface area contributed by atoms with Crippen molar-refractivity contribution in [3.8, 4) is 11.8 Å². The van der Waals surface area contributed by atoms with Gasteiger partial charge in [0, 0.05) is 0 Å². The van der Waals surface area contributed by atoms with Crippen molar-refractivity contribution in [2.45, 2.75) is 43.9 Å². The maximum Gasteiger partial charge on any atom is 0.222 e. The Hall–Kier alpha value is -2.25. The highest BCUT2D eigenvalue weighted by Crippen LogP contribution is 2.38. The smallest absolute Gasteiger partial charge is 0.222 e. The van der Waals surface area contributed by atoms with E-state index in [0.717, 1.165) is 0 Å². The van der Waals surface area contributed by atoms with E-state index in [1.807, 2.05) is 0 Å². The minimum Gasteiger partial charge on any atom is -0.391 e. The summed E-state index contributed by atoms with van der Waals surface area (Å²) in [5.41, 5.74) is 11.4. The van der Waals surface area contributed by atoms with Crippen LogP contribution in [0.1, 0.15) is 20.1 Å². The molecule has 0 aliphatic carbocycles. The highest BCUT2D eigenvalue weighted by atomic mass is 16.5. The Kier molecular flexibility index (Phi) is 3.69. The van der Waals surface area contributed by atoms with Gasteiger partial charge in [-0.1, -0.05) is 5.92 Å². The zero-order valence-electron chi connectivity index (χ0n) is 12.7. The van der Waals surface area contributed by atoms with Crippen molar-refractivity contribution in [3.05, 3.63) is 12.5 Å². The molecule has 0 amide bonds. The quantitative estimate of drug-likeness (QED) is 0.503. The Bertz CT molecular complexity index is 795. The van der Waals surface area contributed by atoms with Gasteiger partial charge in [-0.15, -0.1) is 5.92 Å². The van der Waals surface area contributed by atoms with E-state index in [2.05, 4.69) is 26.8 Å². The van der Waals surface area contributed by atoms with Crippen molar-refractivity contribution < 1.29 is 14.9 Å². The molecule has 1 fully saturated rings. The first-order valence-corrected chi connectivity index (χ1v) is 7.08. The number of imidazole rings is 1. The number of hydrogen-bond acceptors (Lipinski definition) is 8. The predicted octanol–water partition coefficient (Wildman–Crippen LogP) is -1.23. The van der Waals surface area contributed by atoms with Gasteiger partial charge in [0.15, 0.2) is 17.4 Å². The molecule has 0 spiro atoms. The van der Waals surface area contributed by atoms with Crippen LogP contribution in [0.5, 0.6) is 0 Å². The maximum absolute atomic E-state index is 10.5. The van der Waals surface area contributed by atoms with Crippen molar-refractivity contribution in [2.24, 2.45) is 5.73 Å². The van der Waals surface area contributed by atoms with Crippen LogP contribution in [-0.4, -0.2) is 53.6 Å². The molecule has 0 bridgehead atoms. The van der Waals surface area contributed by atoms with E-state index >= 15 is 0 Å². The predicted molar refractivity (Wildman–Crippen MR) is 81.7 cm³/mol. The van der Waals surface area contributed by atoms with Gasteiger partial charge in [0.25, 0.3) is 0 Å². The number of fused-ring (bicyclic) bond motifs is 1. The number of rotatable bonds is 2. The summed E-state index contributed by atoms with van der Waals surface area (Å²) in [6, 6.07) is 0. The lowest BCUT2D eigenvalue weighted by atomic mass is 9.90. The molecule has 0 saturated carbocycles. The van der Waals surface area contributed by atoms with Gasteiger partial charge in [-0.2, -0.15) is 4.98 Å². The van der Waals surface area contributed by atoms with Crippen LogP contribution < -0.4 is 11.5 Å². The molecule has 122 valence electrons. The second-order valence-electron chi connectivity index (χ2n) is 5.54. The van der Waals surface area contributed by atoms with Gasteiger partial charge < -0.3 is 26.4 Å². The lowest BCUT2D eigenvalue weighted by Gasteiger charge is -2.27. The number of nitrogens with two attached hydrogens (primary N) is 2. The molecule has 6 N–H and O–H groups in total. The van der Waals surface area contributed by atoms with E-state index in [0.29, 0.717) is 11.2 Å². The summed E-state index contributed by atoms with van der Waals surface area (Å²) in [5.74, 6) is 5.57. The third-order valence-corrected chi connectivity index (χ3v) is 3.90. The molecule has 1 aliphatic heterocycles. The number of aromatic nitrogens is 4. The van der Waals surface area contributed by atoms with Gasteiger partial charge in [0.1, 0.15) is 17.7 Å². The van der Waals surface area contributed by atoms with Crippen LogP contribution in [0.4, 0.5) is 5.95 Å². The summed E-state index contributed by atoms with van der Waals surface area (Å²) in [6.45, 7) is 3.13. The fourth-order valence-electron chi connectivity index (χ4n) is 2.79. The molecule has 23 heavy (non-hydrogen) atoms. The van der Waals surface area contributed by atoms with Crippen molar-refractivity contribution >= 4 is 17.1 Å². The molecular formula is C14H18N6O3. The summed E-state index contributed by atoms with van der Waals surface area (Å²) < 4.78 is 7.33. The van der Waals surface area contributed by atoms with Crippen LogP contribution in [0.15, 0.2) is 12.5 Å². The Morgan fingerprint density at radius 3 is 2.87 bits per heavy atom. The molecule has 3 rings (SSSR count). The number of aliphatic hydroxyl groups excluding tert-OH is 2. The van der Waals surface area contributed by atoms with Gasteiger partial charge in [0.05, 0.1) is 18.6 Å². The van der Waals surface area contributed by atoms with Crippen LogP contribution in [0.2, 0.25) is 0 Å². The topological polar surface area (TPSA) is 145 Å². The Morgan fingerprint density at radius 1 is 1.48 bits per heavy atom. The molecule has 1 aliphatic rings. The van der Waals surface area contributed by atoms with E-state index in [-0.39, 0.29) is 5.95 Å². The van der Waals surface area contributed by atoms with Gasteiger partial charge in [0.2, 0.25) is 5.95 Å². The molecule has 3 heterocycles. The number of nitrogen functional groups attached to an aromatic ring is 1. The summed E-state index contributed by atoms with van der Waals surface area (Å²) in [6.07, 6.45) is -0.927. The van der Waals surface area contributed by atoms with Crippen LogP contribution in [-0.2, 0) is 4.74 Å². The molecule has 5 atom stereocenters. The van der Waals surface area contributed by atoms with E-state index in [1.165, 1.54) is 19.4 Å². The fourth-order valence-corrected chi connectivity index (χ4v) is 2.79. The molecule has 9 heteroatoms. The van der Waals surface area contributed by atoms with Crippen molar-refractivity contribution in [2.75, 3.05) is 5.73 Å². The van der Waals surface area contributed by atoms with Gasteiger partial charge in [-0.05, 0) is 13.8 Å². The third-order valence-electron chi connectivity index (χ3n) is 3.90. The van der Waals surface area contributed by atoms with Crippen molar-refractivity contribution in [1.82, 2.24) is 19.5 Å². The van der Waals surface area contributed by atoms with E-state index < -0.39 is 30.1 Å². The number of aliphatic hydroxyl groups is 2. The molecule has 0 aromatic carbocycles. The average molecular weight is 318 g/mol. The van der Waals surface area contributed by atoms with Crippen LogP contribution in [0.3, 0.4) is 0 Å². The lowest BCUT2D eigenvalue weighted by Crippen LogP contribution is -2.54. The standard InChI is InChI=1S/C14H18N6O3/c1-3-4-14(16)10(22)9(7(2)21)23-12(14)20-6-18-8-5-17-13(15)19-11(8)20/h5-7,9-10,12,21-22H,16H2,1-2H3,(H2,15,17,19)/t7-,9-,10+,12-,14?/m1/s1. The molecule has 1 unspecified atom stereocenters. The minimum absolute atomic E-state index is 0.0778. The zero-order valence-corrected chi connectivity index (χ0v) is 12.7. The third kappa shape index (κ3) is 2.32. The van der Waals surface area contributed by atoms with Gasteiger partial charge in [-0.3, -0.25) is 4.57 Å². The molecule has 0 radical (unpaired) electrons. The number of nitrogens with zero attached hydrogens (tertiary/aromatic N) is 4. The van der Waals surface area contributed by atoms with E-state index in [4.69, 9.17) is 16.2 Å².